The monoisotopic (exact) mass is 177 g/mol. The lowest BCUT2D eigenvalue weighted by Crippen LogP contribution is -2.23. The number of hydrogen-bond donors (Lipinski definition) is 1. The largest absolute Gasteiger partial charge is 0.371 e. The molecular weight excluding hydrogens is 162 g/mol. The number of hydrogen-bond acceptors (Lipinski definition) is 3. The summed E-state index contributed by atoms with van der Waals surface area (Å²) < 4.78 is 0. The fraction of sp³-hybridized carbons (Fsp3) is 0.500. The van der Waals surface area contributed by atoms with Crippen LogP contribution in [0.3, 0.4) is 0 Å². The molecule has 0 saturated heterocycles. The Morgan fingerprint density at radius 1 is 1.54 bits per heavy atom. The van der Waals surface area contributed by atoms with Crippen LogP contribution >= 0.6 is 0 Å². The van der Waals surface area contributed by atoms with Crippen LogP contribution in [0.15, 0.2) is 18.5 Å². The second kappa shape index (κ2) is 3.75. The molecule has 2 rings (SSSR count). The average Bonchev–Trinajstić information content (AvgIpc) is 2.58. The summed E-state index contributed by atoms with van der Waals surface area (Å²) in [5.41, 5.74) is 8.21. The Bertz CT molecular complexity index is 285. The molecule has 0 saturated carbocycles. The van der Waals surface area contributed by atoms with Gasteiger partial charge in [0.05, 0.1) is 0 Å². The van der Waals surface area contributed by atoms with Gasteiger partial charge < -0.3 is 10.6 Å². The standard InChI is InChI=1S/C10H15N3/c11-4-1-6-13-7-3-9-8-12-5-2-10(9)13/h2,5,8H,1,3-4,6-7,11H2. The lowest BCUT2D eigenvalue weighted by atomic mass is 10.2. The molecule has 1 aromatic rings. The highest BCUT2D eigenvalue weighted by Crippen LogP contribution is 2.26. The Kier molecular flexibility index (Phi) is 2.45. The molecule has 0 aromatic carbocycles. The number of nitrogens with two attached hydrogens (primary N) is 1. The Morgan fingerprint density at radius 2 is 2.46 bits per heavy atom. The van der Waals surface area contributed by atoms with Gasteiger partial charge in [-0.1, -0.05) is 0 Å². The Balaban J connectivity index is 2.09. The Hall–Kier alpha value is -1.09. The molecule has 2 heterocycles. The molecule has 0 bridgehead atoms. The first-order valence-electron chi connectivity index (χ1n) is 4.79. The van der Waals surface area contributed by atoms with Crippen molar-refractivity contribution in [2.24, 2.45) is 5.73 Å². The van der Waals surface area contributed by atoms with Crippen molar-refractivity contribution in [3.8, 4) is 0 Å². The predicted molar refractivity (Wildman–Crippen MR) is 53.8 cm³/mol. The number of aromatic nitrogens is 1. The molecule has 1 aliphatic heterocycles. The maximum atomic E-state index is 5.49. The van der Waals surface area contributed by atoms with Gasteiger partial charge in [-0.05, 0) is 31.0 Å². The molecule has 2 N–H and O–H groups in total. The lowest BCUT2D eigenvalue weighted by molar-refractivity contribution is 0.759. The van der Waals surface area contributed by atoms with Crippen LogP contribution < -0.4 is 10.6 Å². The maximum Gasteiger partial charge on any atom is 0.0430 e. The van der Waals surface area contributed by atoms with Gasteiger partial charge in [-0.15, -0.1) is 0 Å². The van der Waals surface area contributed by atoms with E-state index in [1.54, 1.807) is 0 Å². The van der Waals surface area contributed by atoms with E-state index in [9.17, 15) is 0 Å². The third kappa shape index (κ3) is 1.65. The maximum absolute atomic E-state index is 5.49. The first kappa shape index (κ1) is 8.51. The summed E-state index contributed by atoms with van der Waals surface area (Å²) in [6.07, 6.45) is 6.03. The predicted octanol–water partition coefficient (Wildman–Crippen LogP) is 0.793. The third-order valence-electron chi connectivity index (χ3n) is 2.50. The molecular formula is C10H15N3. The number of nitrogens with zero attached hydrogens (tertiary/aromatic N) is 2. The van der Waals surface area contributed by atoms with E-state index in [1.165, 1.54) is 11.3 Å². The highest BCUT2D eigenvalue weighted by atomic mass is 15.1. The molecule has 0 radical (unpaired) electrons. The summed E-state index contributed by atoms with van der Waals surface area (Å²) in [6.45, 7) is 2.98. The van der Waals surface area contributed by atoms with Crippen LogP contribution in [-0.4, -0.2) is 24.6 Å². The second-order valence-corrected chi connectivity index (χ2v) is 3.38. The quantitative estimate of drug-likeness (QED) is 0.742. The SMILES string of the molecule is NCCCN1CCc2cnccc21. The van der Waals surface area contributed by atoms with Crippen LogP contribution in [0.5, 0.6) is 0 Å². The van der Waals surface area contributed by atoms with E-state index < -0.39 is 0 Å². The van der Waals surface area contributed by atoms with Crippen molar-refractivity contribution < 1.29 is 0 Å². The molecule has 0 aliphatic carbocycles. The van der Waals surface area contributed by atoms with Crippen LogP contribution in [-0.2, 0) is 6.42 Å². The van der Waals surface area contributed by atoms with Gasteiger partial charge in [0.15, 0.2) is 0 Å². The Labute approximate surface area is 78.6 Å². The van der Waals surface area contributed by atoms with Crippen LogP contribution in [0.4, 0.5) is 5.69 Å². The number of anilines is 1. The molecule has 13 heavy (non-hydrogen) atoms. The molecule has 0 spiro atoms. The van der Waals surface area contributed by atoms with Gasteiger partial charge in [0, 0.05) is 31.2 Å². The van der Waals surface area contributed by atoms with Crippen LogP contribution in [0.2, 0.25) is 0 Å². The highest BCUT2D eigenvalue weighted by Gasteiger charge is 2.17. The van der Waals surface area contributed by atoms with E-state index in [2.05, 4.69) is 16.0 Å². The van der Waals surface area contributed by atoms with Gasteiger partial charge in [-0.2, -0.15) is 0 Å². The van der Waals surface area contributed by atoms with Gasteiger partial charge in [-0.25, -0.2) is 0 Å². The van der Waals surface area contributed by atoms with E-state index in [-0.39, 0.29) is 0 Å². The van der Waals surface area contributed by atoms with Crippen LogP contribution in [0, 0.1) is 0 Å². The molecule has 0 amide bonds. The minimum atomic E-state index is 0.775. The van der Waals surface area contributed by atoms with Crippen molar-refractivity contribution in [2.75, 3.05) is 24.5 Å². The molecule has 3 nitrogen and oxygen atoms in total. The van der Waals surface area contributed by atoms with E-state index in [1.807, 2.05) is 12.4 Å². The number of pyridine rings is 1. The van der Waals surface area contributed by atoms with Crippen LogP contribution in [0.25, 0.3) is 0 Å². The van der Waals surface area contributed by atoms with E-state index in [0.717, 1.165) is 32.5 Å². The topological polar surface area (TPSA) is 42.1 Å². The normalized spacial score (nSPS) is 14.7. The lowest BCUT2D eigenvalue weighted by Gasteiger charge is -2.18. The van der Waals surface area contributed by atoms with Gasteiger partial charge in [-0.3, -0.25) is 4.98 Å². The van der Waals surface area contributed by atoms with Gasteiger partial charge in [0.1, 0.15) is 0 Å². The molecule has 0 fully saturated rings. The second-order valence-electron chi connectivity index (χ2n) is 3.38. The van der Waals surface area contributed by atoms with E-state index in [4.69, 9.17) is 5.73 Å². The minimum absolute atomic E-state index is 0.775. The summed E-state index contributed by atoms with van der Waals surface area (Å²) in [5.74, 6) is 0. The summed E-state index contributed by atoms with van der Waals surface area (Å²) in [6, 6.07) is 2.10. The zero-order chi connectivity index (χ0) is 9.10. The fourth-order valence-corrected chi connectivity index (χ4v) is 1.81. The summed E-state index contributed by atoms with van der Waals surface area (Å²) in [7, 11) is 0. The van der Waals surface area contributed by atoms with E-state index in [0.29, 0.717) is 0 Å². The number of fused-ring (bicyclic) bond motifs is 1. The average molecular weight is 177 g/mol. The van der Waals surface area contributed by atoms with Crippen molar-refractivity contribution in [1.29, 1.82) is 0 Å². The van der Waals surface area contributed by atoms with Crippen molar-refractivity contribution in [1.82, 2.24) is 4.98 Å². The minimum Gasteiger partial charge on any atom is -0.371 e. The third-order valence-corrected chi connectivity index (χ3v) is 2.50. The number of rotatable bonds is 3. The summed E-state index contributed by atoms with van der Waals surface area (Å²) in [4.78, 5) is 6.51. The molecule has 1 aromatic heterocycles. The zero-order valence-electron chi connectivity index (χ0n) is 7.74. The molecule has 0 unspecified atom stereocenters. The zero-order valence-corrected chi connectivity index (χ0v) is 7.74. The van der Waals surface area contributed by atoms with Crippen molar-refractivity contribution in [3.63, 3.8) is 0 Å². The molecule has 70 valence electrons. The molecule has 0 atom stereocenters. The first-order chi connectivity index (χ1) is 6.42. The smallest absolute Gasteiger partial charge is 0.0430 e. The summed E-state index contributed by atoms with van der Waals surface area (Å²) >= 11 is 0. The van der Waals surface area contributed by atoms with Gasteiger partial charge in [0.25, 0.3) is 0 Å². The first-order valence-corrected chi connectivity index (χ1v) is 4.79. The van der Waals surface area contributed by atoms with E-state index >= 15 is 0 Å². The fourth-order valence-electron chi connectivity index (χ4n) is 1.81. The van der Waals surface area contributed by atoms with Crippen molar-refractivity contribution >= 4 is 5.69 Å². The van der Waals surface area contributed by atoms with Gasteiger partial charge in [0.2, 0.25) is 0 Å². The Morgan fingerprint density at radius 3 is 3.31 bits per heavy atom. The highest BCUT2D eigenvalue weighted by molar-refractivity contribution is 5.56. The molecule has 3 heteroatoms. The van der Waals surface area contributed by atoms with Crippen LogP contribution in [0.1, 0.15) is 12.0 Å². The van der Waals surface area contributed by atoms with Crippen molar-refractivity contribution in [3.05, 3.63) is 24.0 Å². The van der Waals surface area contributed by atoms with Gasteiger partial charge >= 0.3 is 0 Å². The van der Waals surface area contributed by atoms with Crippen molar-refractivity contribution in [2.45, 2.75) is 12.8 Å². The molecule has 1 aliphatic rings. The summed E-state index contributed by atoms with van der Waals surface area (Å²) in [5, 5.41) is 0.